The molecule has 6 heteroatoms. The van der Waals surface area contributed by atoms with Crippen molar-refractivity contribution < 1.29 is 17.6 Å². The van der Waals surface area contributed by atoms with Crippen LogP contribution >= 0.6 is 0 Å². The summed E-state index contributed by atoms with van der Waals surface area (Å²) in [5.41, 5.74) is 6.43. The number of rotatable bonds is 5. The highest BCUT2D eigenvalue weighted by molar-refractivity contribution is 7.90. The van der Waals surface area contributed by atoms with Crippen LogP contribution in [0.25, 0.3) is 0 Å². The van der Waals surface area contributed by atoms with Gasteiger partial charge in [-0.3, -0.25) is 0 Å². The van der Waals surface area contributed by atoms with Gasteiger partial charge in [0.25, 0.3) is 0 Å². The molecule has 0 aliphatic heterocycles. The molecule has 1 heterocycles. The zero-order valence-electron chi connectivity index (χ0n) is 11.4. The first-order chi connectivity index (χ1) is 9.40. The Morgan fingerprint density at radius 2 is 1.90 bits per heavy atom. The lowest BCUT2D eigenvalue weighted by Crippen LogP contribution is -1.98. The maximum absolute atomic E-state index is 11.3. The second kappa shape index (κ2) is 5.68. The predicted molar refractivity (Wildman–Crippen MR) is 75.2 cm³/mol. The topological polar surface area (TPSA) is 82.5 Å². The Morgan fingerprint density at radius 1 is 1.25 bits per heavy atom. The SMILES string of the molecule is Cc1oc(CN)cc1COc1ccc(S(C)(=O)=O)cc1. The summed E-state index contributed by atoms with van der Waals surface area (Å²) in [4.78, 5) is 0.273. The van der Waals surface area contributed by atoms with Gasteiger partial charge in [0.05, 0.1) is 11.4 Å². The van der Waals surface area contributed by atoms with Gasteiger partial charge in [-0.15, -0.1) is 0 Å². The third-order valence-corrected chi connectivity index (χ3v) is 4.05. The molecule has 0 fully saturated rings. The van der Waals surface area contributed by atoms with E-state index >= 15 is 0 Å². The number of aryl methyl sites for hydroxylation is 1. The van der Waals surface area contributed by atoms with E-state index in [1.807, 2.05) is 13.0 Å². The molecule has 108 valence electrons. The smallest absolute Gasteiger partial charge is 0.175 e. The fraction of sp³-hybridized carbons (Fsp3) is 0.286. The number of hydrogen-bond donors (Lipinski definition) is 1. The zero-order valence-corrected chi connectivity index (χ0v) is 12.2. The van der Waals surface area contributed by atoms with E-state index in [9.17, 15) is 8.42 Å². The first-order valence-corrected chi connectivity index (χ1v) is 8.00. The van der Waals surface area contributed by atoms with E-state index in [1.54, 1.807) is 12.1 Å². The van der Waals surface area contributed by atoms with E-state index in [0.29, 0.717) is 24.7 Å². The van der Waals surface area contributed by atoms with Crippen molar-refractivity contribution in [2.45, 2.75) is 25.0 Å². The van der Waals surface area contributed by atoms with Crippen LogP contribution in [0.3, 0.4) is 0 Å². The van der Waals surface area contributed by atoms with Crippen LogP contribution in [0.2, 0.25) is 0 Å². The Labute approximate surface area is 118 Å². The molecule has 0 unspecified atom stereocenters. The predicted octanol–water partition coefficient (Wildman–Crippen LogP) is 2.03. The number of benzene rings is 1. The average Bonchev–Trinajstić information content (AvgIpc) is 2.76. The molecule has 0 spiro atoms. The van der Waals surface area contributed by atoms with Crippen LogP contribution in [-0.2, 0) is 23.0 Å². The lowest BCUT2D eigenvalue weighted by atomic mass is 10.2. The largest absolute Gasteiger partial charge is 0.489 e. The van der Waals surface area contributed by atoms with Gasteiger partial charge in [-0.2, -0.15) is 0 Å². The van der Waals surface area contributed by atoms with Crippen LogP contribution in [0.1, 0.15) is 17.1 Å². The molecule has 20 heavy (non-hydrogen) atoms. The van der Waals surface area contributed by atoms with Crippen LogP contribution in [0.5, 0.6) is 5.75 Å². The Kier molecular flexibility index (Phi) is 4.15. The monoisotopic (exact) mass is 295 g/mol. The minimum atomic E-state index is -3.18. The molecule has 1 aromatic carbocycles. The summed E-state index contributed by atoms with van der Waals surface area (Å²) in [6, 6.07) is 8.18. The van der Waals surface area contributed by atoms with Gasteiger partial charge in [0, 0.05) is 11.8 Å². The molecular formula is C14H17NO4S. The normalized spacial score (nSPS) is 11.6. The van der Waals surface area contributed by atoms with Gasteiger partial charge in [0.2, 0.25) is 0 Å². The molecule has 0 saturated carbocycles. The van der Waals surface area contributed by atoms with E-state index in [-0.39, 0.29) is 4.90 Å². The van der Waals surface area contributed by atoms with Gasteiger partial charge in [-0.25, -0.2) is 8.42 Å². The summed E-state index contributed by atoms with van der Waals surface area (Å²) in [5, 5.41) is 0. The van der Waals surface area contributed by atoms with Crippen molar-refractivity contribution >= 4 is 9.84 Å². The Balaban J connectivity index is 2.05. The summed E-state index contributed by atoms with van der Waals surface area (Å²) >= 11 is 0. The highest BCUT2D eigenvalue weighted by atomic mass is 32.2. The van der Waals surface area contributed by atoms with Gasteiger partial charge in [0.15, 0.2) is 9.84 Å². The molecule has 0 aliphatic rings. The summed E-state index contributed by atoms with van der Waals surface area (Å²) in [7, 11) is -3.18. The van der Waals surface area contributed by atoms with E-state index in [1.165, 1.54) is 18.4 Å². The van der Waals surface area contributed by atoms with Crippen molar-refractivity contribution in [2.75, 3.05) is 6.26 Å². The van der Waals surface area contributed by atoms with Crippen molar-refractivity contribution in [1.82, 2.24) is 0 Å². The van der Waals surface area contributed by atoms with Crippen LogP contribution in [0.4, 0.5) is 0 Å². The molecule has 0 atom stereocenters. The first kappa shape index (κ1) is 14.6. The maximum Gasteiger partial charge on any atom is 0.175 e. The van der Waals surface area contributed by atoms with E-state index in [0.717, 1.165) is 11.3 Å². The van der Waals surface area contributed by atoms with Gasteiger partial charge in [-0.1, -0.05) is 0 Å². The molecule has 2 aromatic rings. The van der Waals surface area contributed by atoms with Crippen LogP contribution in [-0.4, -0.2) is 14.7 Å². The van der Waals surface area contributed by atoms with Crippen molar-refractivity contribution in [3.63, 3.8) is 0 Å². The maximum atomic E-state index is 11.3. The lowest BCUT2D eigenvalue weighted by Gasteiger charge is -2.06. The van der Waals surface area contributed by atoms with E-state index in [2.05, 4.69) is 0 Å². The van der Waals surface area contributed by atoms with Crippen molar-refractivity contribution in [3.8, 4) is 5.75 Å². The molecule has 1 aromatic heterocycles. The molecule has 0 saturated heterocycles. The Bertz CT molecular complexity index is 686. The van der Waals surface area contributed by atoms with Gasteiger partial charge in [0.1, 0.15) is 23.9 Å². The lowest BCUT2D eigenvalue weighted by molar-refractivity contribution is 0.303. The Morgan fingerprint density at radius 3 is 2.40 bits per heavy atom. The third kappa shape index (κ3) is 3.40. The highest BCUT2D eigenvalue weighted by Gasteiger charge is 2.09. The molecule has 0 aliphatic carbocycles. The fourth-order valence-electron chi connectivity index (χ4n) is 1.78. The van der Waals surface area contributed by atoms with E-state index < -0.39 is 9.84 Å². The highest BCUT2D eigenvalue weighted by Crippen LogP contribution is 2.19. The van der Waals surface area contributed by atoms with Gasteiger partial charge >= 0.3 is 0 Å². The standard InChI is InChI=1S/C14H17NO4S/c1-10-11(7-13(8-15)19-10)9-18-12-3-5-14(6-4-12)20(2,16)17/h3-7H,8-9,15H2,1-2H3. The summed E-state index contributed by atoms with van der Waals surface area (Å²) in [6.45, 7) is 2.56. The Hall–Kier alpha value is -1.79. The van der Waals surface area contributed by atoms with Crippen LogP contribution in [0.15, 0.2) is 39.6 Å². The van der Waals surface area contributed by atoms with Crippen molar-refractivity contribution in [3.05, 3.63) is 47.4 Å². The van der Waals surface area contributed by atoms with Crippen LogP contribution < -0.4 is 10.5 Å². The minimum Gasteiger partial charge on any atom is -0.489 e. The van der Waals surface area contributed by atoms with Crippen LogP contribution in [0, 0.1) is 6.92 Å². The molecular weight excluding hydrogens is 278 g/mol. The minimum absolute atomic E-state index is 0.273. The van der Waals surface area contributed by atoms with E-state index in [4.69, 9.17) is 14.9 Å². The number of furan rings is 1. The third-order valence-electron chi connectivity index (χ3n) is 2.92. The average molecular weight is 295 g/mol. The number of hydrogen-bond acceptors (Lipinski definition) is 5. The van der Waals surface area contributed by atoms with Crippen molar-refractivity contribution in [1.29, 1.82) is 0 Å². The fourth-order valence-corrected chi connectivity index (χ4v) is 2.41. The first-order valence-electron chi connectivity index (χ1n) is 6.11. The molecule has 5 nitrogen and oxygen atoms in total. The summed E-state index contributed by atoms with van der Waals surface area (Å²) in [5.74, 6) is 2.10. The quantitative estimate of drug-likeness (QED) is 0.912. The number of nitrogens with two attached hydrogens (primary N) is 1. The molecule has 0 bridgehead atoms. The number of sulfone groups is 1. The number of ether oxygens (including phenoxy) is 1. The summed E-state index contributed by atoms with van der Waals surface area (Å²) < 4.78 is 33.7. The molecule has 0 radical (unpaired) electrons. The second-order valence-electron chi connectivity index (χ2n) is 4.53. The summed E-state index contributed by atoms with van der Waals surface area (Å²) in [6.07, 6.45) is 1.17. The van der Waals surface area contributed by atoms with Gasteiger partial charge in [-0.05, 0) is 37.3 Å². The zero-order chi connectivity index (χ0) is 14.8. The molecule has 0 amide bonds. The van der Waals surface area contributed by atoms with Gasteiger partial charge < -0.3 is 14.9 Å². The second-order valence-corrected chi connectivity index (χ2v) is 6.55. The molecule has 2 N–H and O–H groups in total. The molecule has 2 rings (SSSR count). The van der Waals surface area contributed by atoms with Crippen molar-refractivity contribution in [2.24, 2.45) is 5.73 Å².